The molecule has 15 heteroatoms. The molecule has 4 rings (SSSR count). The molecule has 1 fully saturated rings. The number of esters is 1. The second-order valence-corrected chi connectivity index (χ2v) is 9.95. The first kappa shape index (κ1) is 25.9. The van der Waals surface area contributed by atoms with Crippen molar-refractivity contribution in [1.82, 2.24) is 24.6 Å². The third-order valence-corrected chi connectivity index (χ3v) is 6.65. The molecular weight excluding hydrogens is 495 g/mol. The van der Waals surface area contributed by atoms with E-state index in [1.807, 2.05) is 0 Å². The molecular formula is C21H27N6O8P. The van der Waals surface area contributed by atoms with Crippen molar-refractivity contribution in [2.75, 3.05) is 18.9 Å². The van der Waals surface area contributed by atoms with Crippen molar-refractivity contribution in [2.45, 2.75) is 44.5 Å². The van der Waals surface area contributed by atoms with Crippen LogP contribution in [0.15, 0.2) is 43.0 Å². The van der Waals surface area contributed by atoms with Crippen LogP contribution < -0.4 is 15.3 Å². The average molecular weight is 522 g/mol. The molecule has 0 amide bonds. The van der Waals surface area contributed by atoms with E-state index in [1.54, 1.807) is 44.2 Å². The summed E-state index contributed by atoms with van der Waals surface area (Å²) < 4.78 is 36.7. The Labute approximate surface area is 206 Å². The summed E-state index contributed by atoms with van der Waals surface area (Å²) in [6, 6.07) is 8.20. The molecule has 2 aromatic heterocycles. The van der Waals surface area contributed by atoms with Crippen molar-refractivity contribution < 1.29 is 38.1 Å². The number of aliphatic hydroxyl groups excluding tert-OH is 2. The molecule has 0 bridgehead atoms. The number of aliphatic hydroxyl groups is 2. The molecule has 1 aromatic carbocycles. The number of carbonyl (C=O) groups excluding carboxylic acids is 1. The van der Waals surface area contributed by atoms with Crippen molar-refractivity contribution >= 4 is 30.7 Å². The Morgan fingerprint density at radius 2 is 1.97 bits per heavy atom. The maximum Gasteiger partial charge on any atom is 0.459 e. The van der Waals surface area contributed by atoms with Gasteiger partial charge in [-0.05, 0) is 26.0 Å². The van der Waals surface area contributed by atoms with Gasteiger partial charge in [0.1, 0.15) is 42.5 Å². The molecule has 36 heavy (non-hydrogen) atoms. The quantitative estimate of drug-likeness (QED) is 0.216. The van der Waals surface area contributed by atoms with Gasteiger partial charge in [0.25, 0.3) is 0 Å². The highest BCUT2D eigenvalue weighted by atomic mass is 31.2. The number of anilines is 1. The van der Waals surface area contributed by atoms with E-state index in [0.717, 1.165) is 0 Å². The molecule has 1 aliphatic heterocycles. The number of carbonyl (C=O) groups is 1. The van der Waals surface area contributed by atoms with E-state index in [-0.39, 0.29) is 17.7 Å². The molecule has 194 valence electrons. The van der Waals surface area contributed by atoms with Crippen molar-refractivity contribution in [2.24, 2.45) is 0 Å². The molecule has 0 spiro atoms. The van der Waals surface area contributed by atoms with E-state index in [4.69, 9.17) is 24.3 Å². The van der Waals surface area contributed by atoms with Gasteiger partial charge in [0.15, 0.2) is 17.7 Å². The second-order valence-electron chi connectivity index (χ2n) is 8.20. The van der Waals surface area contributed by atoms with Crippen LogP contribution in [0.25, 0.3) is 11.2 Å². The van der Waals surface area contributed by atoms with Gasteiger partial charge in [-0.2, -0.15) is 0 Å². The summed E-state index contributed by atoms with van der Waals surface area (Å²) in [6.07, 6.45) is -2.78. The van der Waals surface area contributed by atoms with Crippen molar-refractivity contribution in [3.63, 3.8) is 0 Å². The third kappa shape index (κ3) is 5.81. The Morgan fingerprint density at radius 3 is 2.69 bits per heavy atom. The molecule has 0 aliphatic carbocycles. The first-order chi connectivity index (χ1) is 17.2. The van der Waals surface area contributed by atoms with Gasteiger partial charge in [-0.25, -0.2) is 24.6 Å². The molecule has 5 atom stereocenters. The summed E-state index contributed by atoms with van der Waals surface area (Å²) in [6.45, 7) is 2.45. The fraction of sp³-hybridized carbons (Fsp3) is 0.429. The van der Waals surface area contributed by atoms with Gasteiger partial charge < -0.3 is 29.9 Å². The zero-order chi connectivity index (χ0) is 25.9. The number of nitrogens with zero attached hydrogens (tertiary/aromatic N) is 4. The fourth-order valence-corrected chi connectivity index (χ4v) is 4.79. The van der Waals surface area contributed by atoms with Gasteiger partial charge in [-0.1, -0.05) is 18.2 Å². The summed E-state index contributed by atoms with van der Waals surface area (Å²) in [5, 5.41) is 23.7. The lowest BCUT2D eigenvalue weighted by atomic mass is 10.1. The number of nitrogen functional groups attached to an aromatic ring is 1. The van der Waals surface area contributed by atoms with E-state index in [0.29, 0.717) is 11.2 Å². The second kappa shape index (κ2) is 10.9. The van der Waals surface area contributed by atoms with E-state index in [1.165, 1.54) is 17.2 Å². The van der Waals surface area contributed by atoms with Crippen molar-refractivity contribution in [3.8, 4) is 5.75 Å². The highest BCUT2D eigenvalue weighted by Gasteiger charge is 2.45. The lowest BCUT2D eigenvalue weighted by Gasteiger charge is -2.22. The Balaban J connectivity index is 1.47. The Morgan fingerprint density at radius 1 is 1.22 bits per heavy atom. The SMILES string of the molecule is CC(C)OC(=O)CN[P@](=O)(OC[C@H]1O[C@@H](n2cnc3c(N)ncnc32)[C@@H](O)[C@@H]1O)Oc1ccccc1. The smallest absolute Gasteiger partial charge is 0.459 e. The van der Waals surface area contributed by atoms with Crippen LogP contribution in [-0.4, -0.2) is 73.3 Å². The standard InChI is InChI=1S/C21H27N6O8P/c1-12(2)33-15(28)8-26-36(31,35-13-6-4-3-5-7-13)32-9-14-17(29)18(30)21(34-14)27-11-25-16-19(22)23-10-24-20(16)27/h3-7,10-12,14,17-18,21,29-30H,8-9H2,1-2H3,(H,26,31)(H2,22,23,24)/t14-,17-,18+,21-,36+/m1/s1. The van der Waals surface area contributed by atoms with Gasteiger partial charge in [0.2, 0.25) is 0 Å². The Hall–Kier alpha value is -3.13. The zero-order valence-corrected chi connectivity index (χ0v) is 20.4. The predicted octanol–water partition coefficient (Wildman–Crippen LogP) is 0.773. The van der Waals surface area contributed by atoms with Crippen LogP contribution in [-0.2, 0) is 23.4 Å². The number of ether oxygens (including phenoxy) is 2. The minimum absolute atomic E-state index is 0.146. The molecule has 3 aromatic rings. The first-order valence-electron chi connectivity index (χ1n) is 11.1. The number of hydrogen-bond acceptors (Lipinski definition) is 12. The molecule has 0 radical (unpaired) electrons. The van der Waals surface area contributed by atoms with Crippen LogP contribution in [0.4, 0.5) is 5.82 Å². The van der Waals surface area contributed by atoms with Gasteiger partial charge in [0.05, 0.1) is 19.0 Å². The molecule has 3 heterocycles. The van der Waals surface area contributed by atoms with E-state index >= 15 is 0 Å². The zero-order valence-electron chi connectivity index (χ0n) is 19.5. The largest absolute Gasteiger partial charge is 0.462 e. The number of para-hydroxylation sites is 1. The maximum atomic E-state index is 13.4. The average Bonchev–Trinajstić information content (AvgIpc) is 3.39. The van der Waals surface area contributed by atoms with Crippen LogP contribution in [0.2, 0.25) is 0 Å². The number of hydrogen-bond donors (Lipinski definition) is 4. The lowest BCUT2D eigenvalue weighted by molar-refractivity contribution is -0.146. The molecule has 1 saturated heterocycles. The molecule has 14 nitrogen and oxygen atoms in total. The van der Waals surface area contributed by atoms with Gasteiger partial charge in [0, 0.05) is 0 Å². The lowest BCUT2D eigenvalue weighted by Crippen LogP contribution is -2.34. The number of nitrogens with two attached hydrogens (primary N) is 1. The van der Waals surface area contributed by atoms with Crippen molar-refractivity contribution in [3.05, 3.63) is 43.0 Å². The number of rotatable bonds is 10. The third-order valence-electron chi connectivity index (χ3n) is 5.16. The maximum absolute atomic E-state index is 13.4. The normalized spacial score (nSPS) is 23.6. The molecule has 5 N–H and O–H groups in total. The predicted molar refractivity (Wildman–Crippen MR) is 126 cm³/mol. The van der Waals surface area contributed by atoms with Crippen molar-refractivity contribution in [1.29, 1.82) is 0 Å². The van der Waals surface area contributed by atoms with Crippen LogP contribution in [0, 0.1) is 0 Å². The highest BCUT2D eigenvalue weighted by molar-refractivity contribution is 7.52. The number of imidazole rings is 1. The summed E-state index contributed by atoms with van der Waals surface area (Å²) in [5.74, 6) is -0.294. The topological polar surface area (TPSA) is 193 Å². The number of fused-ring (bicyclic) bond motifs is 1. The summed E-state index contributed by atoms with van der Waals surface area (Å²) in [7, 11) is -4.14. The number of aromatic nitrogens is 4. The fourth-order valence-electron chi connectivity index (χ4n) is 3.51. The minimum atomic E-state index is -4.14. The van der Waals surface area contributed by atoms with Gasteiger partial charge >= 0.3 is 13.7 Å². The number of nitrogens with one attached hydrogen (secondary N) is 1. The first-order valence-corrected chi connectivity index (χ1v) is 12.6. The summed E-state index contributed by atoms with van der Waals surface area (Å²) >= 11 is 0. The molecule has 0 saturated carbocycles. The Kier molecular flexibility index (Phi) is 7.83. The van der Waals surface area contributed by atoms with E-state index in [9.17, 15) is 19.6 Å². The summed E-state index contributed by atoms with van der Waals surface area (Å²) in [5.41, 5.74) is 6.41. The Bertz CT molecular complexity index is 1240. The highest BCUT2D eigenvalue weighted by Crippen LogP contribution is 2.45. The molecule has 1 aliphatic rings. The van der Waals surface area contributed by atoms with Crippen LogP contribution >= 0.6 is 7.75 Å². The van der Waals surface area contributed by atoms with Gasteiger partial charge in [-0.3, -0.25) is 13.9 Å². The van der Waals surface area contributed by atoms with Crippen LogP contribution in [0.1, 0.15) is 20.1 Å². The molecule has 0 unspecified atom stereocenters. The van der Waals surface area contributed by atoms with E-state index < -0.39 is 51.4 Å². The van der Waals surface area contributed by atoms with Crippen LogP contribution in [0.3, 0.4) is 0 Å². The number of benzene rings is 1. The summed E-state index contributed by atoms with van der Waals surface area (Å²) in [4.78, 5) is 24.1. The minimum Gasteiger partial charge on any atom is -0.462 e. The van der Waals surface area contributed by atoms with E-state index in [2.05, 4.69) is 20.0 Å². The van der Waals surface area contributed by atoms with Crippen LogP contribution in [0.5, 0.6) is 5.75 Å². The van der Waals surface area contributed by atoms with Gasteiger partial charge in [-0.15, -0.1) is 0 Å². The monoisotopic (exact) mass is 522 g/mol.